The van der Waals surface area contributed by atoms with Gasteiger partial charge in [0.2, 0.25) is 0 Å². The minimum Gasteiger partial charge on any atom is -0.465 e. The molecule has 1 heterocycles. The van der Waals surface area contributed by atoms with Crippen LogP contribution in [0.5, 0.6) is 0 Å². The molecular weight excluding hydrogens is 286 g/mol. The summed E-state index contributed by atoms with van der Waals surface area (Å²) in [5.74, 6) is -0.530. The predicted octanol–water partition coefficient (Wildman–Crippen LogP) is 2.91. The number of thiophene rings is 1. The Balaban J connectivity index is 2.24. The summed E-state index contributed by atoms with van der Waals surface area (Å²) in [5, 5.41) is 12.9. The van der Waals surface area contributed by atoms with Crippen molar-refractivity contribution >= 4 is 28.0 Å². The summed E-state index contributed by atoms with van der Waals surface area (Å²) in [6.07, 6.45) is 0. The van der Waals surface area contributed by atoms with E-state index in [2.05, 4.69) is 16.1 Å². The second-order valence-electron chi connectivity index (χ2n) is 4.49. The molecule has 0 bridgehead atoms. The molecule has 5 nitrogen and oxygen atoms in total. The van der Waals surface area contributed by atoms with Gasteiger partial charge in [-0.15, -0.1) is 11.3 Å². The molecule has 1 aromatic carbocycles. The molecule has 2 rings (SSSR count). The predicted molar refractivity (Wildman–Crippen MR) is 83.3 cm³/mol. The van der Waals surface area contributed by atoms with E-state index in [1.807, 2.05) is 31.2 Å². The van der Waals surface area contributed by atoms with Gasteiger partial charge < -0.3 is 15.8 Å². The lowest BCUT2D eigenvalue weighted by molar-refractivity contribution is 0.0607. The van der Waals surface area contributed by atoms with E-state index in [1.165, 1.54) is 7.11 Å². The second-order valence-corrected chi connectivity index (χ2v) is 5.52. The van der Waals surface area contributed by atoms with E-state index in [9.17, 15) is 10.1 Å². The highest BCUT2D eigenvalue weighted by molar-refractivity contribution is 7.18. The molecule has 0 fully saturated rings. The summed E-state index contributed by atoms with van der Waals surface area (Å²) in [5.41, 5.74) is 8.54. The molecule has 0 saturated carbocycles. The Hall–Kier alpha value is -2.52. The lowest BCUT2D eigenvalue weighted by Crippen LogP contribution is -2.02. The van der Waals surface area contributed by atoms with Gasteiger partial charge in [0.15, 0.2) is 0 Å². The summed E-state index contributed by atoms with van der Waals surface area (Å²) >= 11 is 1.13. The highest BCUT2D eigenvalue weighted by Crippen LogP contribution is 2.35. The van der Waals surface area contributed by atoms with Crippen LogP contribution < -0.4 is 11.1 Å². The standard InChI is InChI=1S/C15H15N3O2S/c1-9-4-3-5-10(6-9)8-18-14-11(7-16)12(17)13(21-14)15(19)20-2/h3-6,18H,8,17H2,1-2H3. The van der Waals surface area contributed by atoms with E-state index in [0.717, 1.165) is 22.5 Å². The quantitative estimate of drug-likeness (QED) is 0.848. The number of esters is 1. The van der Waals surface area contributed by atoms with Crippen LogP contribution in [0.2, 0.25) is 0 Å². The number of nitrogens with two attached hydrogens (primary N) is 1. The van der Waals surface area contributed by atoms with Gasteiger partial charge in [-0.2, -0.15) is 5.26 Å². The molecule has 108 valence electrons. The Bertz CT molecular complexity index is 716. The van der Waals surface area contributed by atoms with Crippen LogP contribution >= 0.6 is 11.3 Å². The first-order valence-corrected chi connectivity index (χ1v) is 7.08. The fourth-order valence-corrected chi connectivity index (χ4v) is 2.91. The van der Waals surface area contributed by atoms with E-state index in [0.29, 0.717) is 11.5 Å². The number of nitrogens with one attached hydrogen (secondary N) is 1. The maximum Gasteiger partial charge on any atom is 0.350 e. The molecule has 0 radical (unpaired) electrons. The molecule has 1 aromatic heterocycles. The summed E-state index contributed by atoms with van der Waals surface area (Å²) < 4.78 is 4.66. The van der Waals surface area contributed by atoms with Crippen molar-refractivity contribution < 1.29 is 9.53 Å². The third-order valence-corrected chi connectivity index (χ3v) is 4.11. The zero-order chi connectivity index (χ0) is 15.4. The van der Waals surface area contributed by atoms with Crippen LogP contribution in [0.3, 0.4) is 0 Å². The summed E-state index contributed by atoms with van der Waals surface area (Å²) in [6.45, 7) is 2.57. The van der Waals surface area contributed by atoms with Crippen molar-refractivity contribution in [3.63, 3.8) is 0 Å². The zero-order valence-electron chi connectivity index (χ0n) is 11.8. The van der Waals surface area contributed by atoms with E-state index in [4.69, 9.17) is 5.73 Å². The summed E-state index contributed by atoms with van der Waals surface area (Å²) in [4.78, 5) is 11.9. The molecule has 2 aromatic rings. The van der Waals surface area contributed by atoms with Gasteiger partial charge >= 0.3 is 5.97 Å². The lowest BCUT2D eigenvalue weighted by atomic mass is 10.1. The van der Waals surface area contributed by atoms with Gasteiger partial charge in [-0.05, 0) is 12.5 Å². The number of carbonyl (C=O) groups excluding carboxylic acids is 1. The van der Waals surface area contributed by atoms with E-state index >= 15 is 0 Å². The SMILES string of the molecule is COC(=O)c1sc(NCc2cccc(C)c2)c(C#N)c1N. The minimum absolute atomic E-state index is 0.168. The van der Waals surface area contributed by atoms with Gasteiger partial charge in [0.05, 0.1) is 12.8 Å². The Morgan fingerprint density at radius 1 is 1.52 bits per heavy atom. The number of aryl methyl sites for hydroxylation is 1. The Kier molecular flexibility index (Phi) is 4.45. The third-order valence-electron chi connectivity index (χ3n) is 2.96. The van der Waals surface area contributed by atoms with Crippen molar-refractivity contribution in [2.75, 3.05) is 18.2 Å². The number of methoxy groups -OCH3 is 1. The number of nitrogen functional groups attached to an aromatic ring is 1. The molecule has 0 amide bonds. The Morgan fingerprint density at radius 2 is 2.29 bits per heavy atom. The maximum absolute atomic E-state index is 11.6. The number of ether oxygens (including phenoxy) is 1. The van der Waals surface area contributed by atoms with Crippen molar-refractivity contribution in [1.29, 1.82) is 5.26 Å². The summed E-state index contributed by atoms with van der Waals surface area (Å²) in [6, 6.07) is 10.1. The molecule has 6 heteroatoms. The average Bonchev–Trinajstić information content (AvgIpc) is 2.80. The largest absolute Gasteiger partial charge is 0.465 e. The van der Waals surface area contributed by atoms with Crippen LogP contribution in [0.4, 0.5) is 10.7 Å². The number of carbonyl (C=O) groups is 1. The highest BCUT2D eigenvalue weighted by atomic mass is 32.1. The smallest absolute Gasteiger partial charge is 0.350 e. The van der Waals surface area contributed by atoms with E-state index < -0.39 is 5.97 Å². The normalized spacial score (nSPS) is 9.95. The van der Waals surface area contributed by atoms with Crippen LogP contribution in [0.25, 0.3) is 0 Å². The molecule has 3 N–H and O–H groups in total. The molecular formula is C15H15N3O2S. The van der Waals surface area contributed by atoms with Gasteiger partial charge in [-0.3, -0.25) is 0 Å². The number of hydrogen-bond acceptors (Lipinski definition) is 6. The minimum atomic E-state index is -0.530. The van der Waals surface area contributed by atoms with E-state index in [1.54, 1.807) is 0 Å². The van der Waals surface area contributed by atoms with Gasteiger partial charge in [-0.25, -0.2) is 4.79 Å². The molecule has 0 aliphatic rings. The van der Waals surface area contributed by atoms with Crippen molar-refractivity contribution in [3.05, 3.63) is 45.8 Å². The first kappa shape index (κ1) is 14.9. The second kappa shape index (κ2) is 6.29. The fourth-order valence-electron chi connectivity index (χ4n) is 1.93. The monoisotopic (exact) mass is 301 g/mol. The van der Waals surface area contributed by atoms with E-state index in [-0.39, 0.29) is 16.1 Å². The number of benzene rings is 1. The number of nitriles is 1. The first-order valence-electron chi connectivity index (χ1n) is 6.27. The maximum atomic E-state index is 11.6. The molecule has 0 spiro atoms. The van der Waals surface area contributed by atoms with Crippen molar-refractivity contribution in [2.24, 2.45) is 0 Å². The average molecular weight is 301 g/mol. The Morgan fingerprint density at radius 3 is 2.90 bits per heavy atom. The van der Waals surface area contributed by atoms with Crippen LogP contribution in [0.1, 0.15) is 26.4 Å². The molecule has 0 aliphatic carbocycles. The first-order chi connectivity index (χ1) is 10.1. The summed E-state index contributed by atoms with van der Waals surface area (Å²) in [7, 11) is 1.29. The van der Waals surface area contributed by atoms with Crippen molar-refractivity contribution in [3.8, 4) is 6.07 Å². The lowest BCUT2D eigenvalue weighted by Gasteiger charge is -2.05. The third kappa shape index (κ3) is 3.15. The molecule has 0 aliphatic heterocycles. The number of hydrogen-bond donors (Lipinski definition) is 2. The van der Waals surface area contributed by atoms with Crippen molar-refractivity contribution in [1.82, 2.24) is 0 Å². The number of anilines is 2. The highest BCUT2D eigenvalue weighted by Gasteiger charge is 2.21. The molecule has 0 atom stereocenters. The van der Waals surface area contributed by atoms with Crippen LogP contribution in [0.15, 0.2) is 24.3 Å². The van der Waals surface area contributed by atoms with Crippen LogP contribution in [0, 0.1) is 18.3 Å². The molecule has 0 unspecified atom stereocenters. The zero-order valence-corrected chi connectivity index (χ0v) is 12.6. The topological polar surface area (TPSA) is 88.1 Å². The van der Waals surface area contributed by atoms with Gasteiger partial charge in [-0.1, -0.05) is 29.8 Å². The fraction of sp³-hybridized carbons (Fsp3) is 0.200. The van der Waals surface area contributed by atoms with Crippen LogP contribution in [-0.4, -0.2) is 13.1 Å². The number of nitrogens with zero attached hydrogens (tertiary/aromatic N) is 1. The van der Waals surface area contributed by atoms with Crippen molar-refractivity contribution in [2.45, 2.75) is 13.5 Å². The Labute approximate surface area is 127 Å². The number of rotatable bonds is 4. The molecule has 0 saturated heterocycles. The van der Waals surface area contributed by atoms with Gasteiger partial charge in [0.1, 0.15) is 21.5 Å². The van der Waals surface area contributed by atoms with Gasteiger partial charge in [0.25, 0.3) is 0 Å². The van der Waals surface area contributed by atoms with Crippen LogP contribution in [-0.2, 0) is 11.3 Å². The van der Waals surface area contributed by atoms with Gasteiger partial charge in [0, 0.05) is 6.54 Å². The molecule has 21 heavy (non-hydrogen) atoms.